The molecule has 2 rings (SSSR count). The smallest absolute Gasteiger partial charge is 0.278 e. The minimum Gasteiger partial charge on any atom is -0.375 e. The van der Waals surface area contributed by atoms with Crippen molar-refractivity contribution in [3.63, 3.8) is 0 Å². The Balaban J connectivity index is 1.87. The van der Waals surface area contributed by atoms with Gasteiger partial charge in [0.25, 0.3) is 12.3 Å². The Kier molecular flexibility index (Phi) is 5.13. The lowest BCUT2D eigenvalue weighted by Gasteiger charge is -1.99. The molecule has 0 radical (unpaired) electrons. The maximum Gasteiger partial charge on any atom is 0.278 e. The van der Waals surface area contributed by atoms with Crippen molar-refractivity contribution in [2.45, 2.75) is 19.4 Å². The third-order valence-electron chi connectivity index (χ3n) is 2.42. The van der Waals surface area contributed by atoms with Crippen LogP contribution in [-0.2, 0) is 17.7 Å². The van der Waals surface area contributed by atoms with Crippen LogP contribution in [-0.4, -0.2) is 45.9 Å². The lowest BCUT2D eigenvalue weighted by molar-refractivity contribution is 0.0182. The van der Waals surface area contributed by atoms with Gasteiger partial charge in [0.1, 0.15) is 12.3 Å². The zero-order chi connectivity index (χ0) is 14.4. The molecule has 2 heterocycles. The molecule has 0 atom stereocenters. The molecule has 7 nitrogen and oxygen atoms in total. The van der Waals surface area contributed by atoms with Crippen LogP contribution in [0, 0.1) is 0 Å². The number of nitrogens with two attached hydrogens (primary N) is 1. The number of aromatic nitrogens is 4. The average molecular weight is 287 g/mol. The van der Waals surface area contributed by atoms with Gasteiger partial charge in [0.2, 0.25) is 0 Å². The lowest BCUT2D eigenvalue weighted by Crippen LogP contribution is -2.07. The topological polar surface area (TPSA) is 92.0 Å². The molecule has 0 aliphatic heterocycles. The van der Waals surface area contributed by atoms with Gasteiger partial charge in [-0.3, -0.25) is 0 Å². The van der Waals surface area contributed by atoms with E-state index < -0.39 is 13.0 Å². The average Bonchev–Trinajstić information content (AvgIpc) is 3.03. The van der Waals surface area contributed by atoms with Crippen LogP contribution in [0.25, 0.3) is 11.6 Å². The molecule has 0 aromatic carbocycles. The number of nitrogens with zero attached hydrogens (tertiary/aromatic N) is 4. The quantitative estimate of drug-likeness (QED) is 0.719. The van der Waals surface area contributed by atoms with Gasteiger partial charge in [-0.2, -0.15) is 4.98 Å². The number of hydrogen-bond acceptors (Lipinski definition) is 6. The summed E-state index contributed by atoms with van der Waals surface area (Å²) in [6, 6.07) is 0. The molecule has 0 amide bonds. The molecule has 0 aliphatic rings. The van der Waals surface area contributed by atoms with Gasteiger partial charge in [-0.15, -0.1) is 0 Å². The van der Waals surface area contributed by atoms with E-state index >= 15 is 0 Å². The predicted octanol–water partition coefficient (Wildman–Crippen LogP) is 0.716. The van der Waals surface area contributed by atoms with E-state index in [4.69, 9.17) is 15.0 Å². The third-order valence-corrected chi connectivity index (χ3v) is 2.42. The van der Waals surface area contributed by atoms with E-state index in [0.717, 1.165) is 0 Å². The molecule has 0 aliphatic carbocycles. The number of halogens is 2. The number of alkyl halides is 2. The van der Waals surface area contributed by atoms with Crippen molar-refractivity contribution < 1.29 is 18.0 Å². The van der Waals surface area contributed by atoms with Crippen LogP contribution in [0.4, 0.5) is 8.78 Å². The molecule has 2 aromatic heterocycles. The zero-order valence-electron chi connectivity index (χ0n) is 10.7. The Morgan fingerprint density at radius 3 is 3.05 bits per heavy atom. The Morgan fingerprint density at radius 1 is 1.45 bits per heavy atom. The summed E-state index contributed by atoms with van der Waals surface area (Å²) in [5.41, 5.74) is 5.98. The van der Waals surface area contributed by atoms with Crippen molar-refractivity contribution in [3.05, 3.63) is 18.3 Å². The van der Waals surface area contributed by atoms with E-state index in [2.05, 4.69) is 15.1 Å². The summed E-state index contributed by atoms with van der Waals surface area (Å²) in [5.74, 6) is 0.673. The molecule has 9 heteroatoms. The highest BCUT2D eigenvalue weighted by atomic mass is 19.3. The Bertz CT molecular complexity index is 528. The molecule has 110 valence electrons. The molecule has 0 bridgehead atoms. The first-order valence-electron chi connectivity index (χ1n) is 6.09. The molecule has 2 N–H and O–H groups in total. The molecule has 0 spiro atoms. The minimum atomic E-state index is -2.47. The van der Waals surface area contributed by atoms with E-state index in [0.29, 0.717) is 31.0 Å². The maximum atomic E-state index is 11.9. The largest absolute Gasteiger partial charge is 0.375 e. The zero-order valence-corrected chi connectivity index (χ0v) is 10.7. The number of rotatable bonds is 8. The van der Waals surface area contributed by atoms with Crippen molar-refractivity contribution in [1.29, 1.82) is 0 Å². The van der Waals surface area contributed by atoms with Gasteiger partial charge in [0.15, 0.2) is 5.82 Å². The second kappa shape index (κ2) is 7.06. The summed E-state index contributed by atoms with van der Waals surface area (Å²) in [5, 5.41) is 3.74. The van der Waals surface area contributed by atoms with Crippen LogP contribution < -0.4 is 5.73 Å². The summed E-state index contributed by atoms with van der Waals surface area (Å²) in [6.07, 6.45) is 1.21. The fraction of sp³-hybridized carbons (Fsp3) is 0.545. The Hall–Kier alpha value is -1.87. The third kappa shape index (κ3) is 4.07. The molecule has 0 fully saturated rings. The Labute approximate surface area is 113 Å². The van der Waals surface area contributed by atoms with Gasteiger partial charge in [-0.05, 0) is 0 Å². The summed E-state index contributed by atoms with van der Waals surface area (Å²) < 4.78 is 35.3. The Morgan fingerprint density at radius 2 is 2.30 bits per heavy atom. The fourth-order valence-corrected chi connectivity index (χ4v) is 1.54. The van der Waals surface area contributed by atoms with Crippen molar-refractivity contribution in [2.75, 3.05) is 19.8 Å². The highest BCUT2D eigenvalue weighted by molar-refractivity contribution is 5.44. The van der Waals surface area contributed by atoms with Gasteiger partial charge in [-0.1, -0.05) is 5.16 Å². The second-order valence-electron chi connectivity index (χ2n) is 4.02. The number of imidazole rings is 1. The van der Waals surface area contributed by atoms with E-state index in [1.54, 1.807) is 12.5 Å². The first-order valence-corrected chi connectivity index (χ1v) is 6.09. The molecule has 20 heavy (non-hydrogen) atoms. The second-order valence-corrected chi connectivity index (χ2v) is 4.02. The van der Waals surface area contributed by atoms with Gasteiger partial charge in [-0.25, -0.2) is 13.8 Å². The van der Waals surface area contributed by atoms with E-state index in [1.807, 2.05) is 4.57 Å². The minimum absolute atomic E-state index is 0.116. The first-order chi connectivity index (χ1) is 9.69. The maximum absolute atomic E-state index is 11.9. The molecule has 2 aromatic rings. The van der Waals surface area contributed by atoms with Crippen molar-refractivity contribution in [1.82, 2.24) is 19.7 Å². The first kappa shape index (κ1) is 14.5. The monoisotopic (exact) mass is 287 g/mol. The van der Waals surface area contributed by atoms with Crippen LogP contribution in [0.2, 0.25) is 0 Å². The fourth-order valence-electron chi connectivity index (χ4n) is 1.54. The number of ether oxygens (including phenoxy) is 1. The SMILES string of the molecule is NCCn1cnc(-c2nc(CCOCC(F)F)no2)c1. The predicted molar refractivity (Wildman–Crippen MR) is 65.1 cm³/mol. The summed E-state index contributed by atoms with van der Waals surface area (Å²) in [4.78, 5) is 8.24. The van der Waals surface area contributed by atoms with Crippen LogP contribution in [0.15, 0.2) is 17.0 Å². The molecule has 0 saturated carbocycles. The van der Waals surface area contributed by atoms with Crippen molar-refractivity contribution >= 4 is 0 Å². The summed E-state index contributed by atoms with van der Waals surface area (Å²) in [7, 11) is 0. The van der Waals surface area contributed by atoms with Crippen molar-refractivity contribution in [2.24, 2.45) is 5.73 Å². The van der Waals surface area contributed by atoms with Crippen molar-refractivity contribution in [3.8, 4) is 11.6 Å². The molecular weight excluding hydrogens is 272 g/mol. The van der Waals surface area contributed by atoms with Crippen LogP contribution in [0.5, 0.6) is 0 Å². The molecular formula is C11H15F2N5O2. The highest BCUT2D eigenvalue weighted by Gasteiger charge is 2.11. The van der Waals surface area contributed by atoms with Gasteiger partial charge in [0.05, 0.1) is 12.9 Å². The molecule has 0 unspecified atom stereocenters. The normalized spacial score (nSPS) is 11.4. The van der Waals surface area contributed by atoms with Gasteiger partial charge >= 0.3 is 0 Å². The van der Waals surface area contributed by atoms with Gasteiger partial charge < -0.3 is 19.6 Å². The van der Waals surface area contributed by atoms with Gasteiger partial charge in [0, 0.05) is 25.7 Å². The summed E-state index contributed by atoms with van der Waals surface area (Å²) >= 11 is 0. The van der Waals surface area contributed by atoms with Crippen LogP contribution in [0.1, 0.15) is 5.82 Å². The van der Waals surface area contributed by atoms with Crippen LogP contribution in [0.3, 0.4) is 0 Å². The summed E-state index contributed by atoms with van der Waals surface area (Å²) in [6.45, 7) is 0.682. The van der Waals surface area contributed by atoms with E-state index in [-0.39, 0.29) is 12.5 Å². The highest BCUT2D eigenvalue weighted by Crippen LogP contribution is 2.14. The molecule has 0 saturated heterocycles. The van der Waals surface area contributed by atoms with E-state index in [9.17, 15) is 8.78 Å². The number of hydrogen-bond donors (Lipinski definition) is 1. The van der Waals surface area contributed by atoms with Crippen LogP contribution >= 0.6 is 0 Å². The standard InChI is InChI=1S/C11H15F2N5O2/c12-9(13)6-19-4-1-10-16-11(20-17-10)8-5-18(3-2-14)7-15-8/h5,7,9H,1-4,6,14H2. The van der Waals surface area contributed by atoms with E-state index in [1.165, 1.54) is 0 Å². The lowest BCUT2D eigenvalue weighted by atomic mass is 10.4.